The maximum absolute atomic E-state index is 11.4. The van der Waals surface area contributed by atoms with Crippen molar-refractivity contribution < 1.29 is 17.9 Å². The van der Waals surface area contributed by atoms with Crippen LogP contribution in [0.5, 0.6) is 11.5 Å². The lowest BCUT2D eigenvalue weighted by molar-refractivity contribution is 0.216. The minimum absolute atomic E-state index is 0.271. The lowest BCUT2D eigenvalue weighted by atomic mass is 10.2. The number of ether oxygens (including phenoxy) is 2. The van der Waals surface area contributed by atoms with E-state index in [1.54, 1.807) is 12.1 Å². The van der Waals surface area contributed by atoms with Crippen LogP contribution in [-0.2, 0) is 16.4 Å². The maximum Gasteiger partial charge on any atom is 0.175 e. The summed E-state index contributed by atoms with van der Waals surface area (Å²) in [4.78, 5) is 0.271. The zero-order chi connectivity index (χ0) is 16.0. The Morgan fingerprint density at radius 2 is 1.59 bits per heavy atom. The van der Waals surface area contributed by atoms with E-state index in [0.29, 0.717) is 25.5 Å². The van der Waals surface area contributed by atoms with Crippen LogP contribution in [-0.4, -0.2) is 27.9 Å². The Balaban J connectivity index is 1.84. The first kappa shape index (κ1) is 16.3. The van der Waals surface area contributed by atoms with E-state index in [9.17, 15) is 8.42 Å². The Morgan fingerprint density at radius 1 is 0.955 bits per heavy atom. The number of hydrogen-bond acceptors (Lipinski definition) is 5. The smallest absolute Gasteiger partial charge is 0.175 e. The molecule has 0 aliphatic heterocycles. The SMILES string of the molecule is CS(=O)(=O)c1ccc(OCCOc2ccccc2CN)cc1. The summed E-state index contributed by atoms with van der Waals surface area (Å²) in [6.07, 6.45) is 1.17. The molecule has 5 nitrogen and oxygen atoms in total. The highest BCUT2D eigenvalue weighted by atomic mass is 32.2. The Morgan fingerprint density at radius 3 is 2.23 bits per heavy atom. The van der Waals surface area contributed by atoms with Gasteiger partial charge in [0.15, 0.2) is 9.84 Å². The molecule has 2 aromatic rings. The summed E-state index contributed by atoms with van der Waals surface area (Å²) >= 11 is 0. The second-order valence-electron chi connectivity index (χ2n) is 4.75. The number of benzene rings is 2. The molecule has 2 aromatic carbocycles. The summed E-state index contributed by atoms with van der Waals surface area (Å²) in [6, 6.07) is 13.9. The maximum atomic E-state index is 11.4. The molecular formula is C16H19NO4S. The number of rotatable bonds is 7. The number of hydrogen-bond donors (Lipinski definition) is 1. The lowest BCUT2D eigenvalue weighted by Gasteiger charge is -2.11. The Hall–Kier alpha value is -2.05. The third-order valence-electron chi connectivity index (χ3n) is 3.05. The monoisotopic (exact) mass is 321 g/mol. The molecular weight excluding hydrogens is 302 g/mol. The van der Waals surface area contributed by atoms with Gasteiger partial charge in [0.25, 0.3) is 0 Å². The molecule has 0 bridgehead atoms. The Bertz CT molecular complexity index is 711. The first-order valence-corrected chi connectivity index (χ1v) is 8.73. The second kappa shape index (κ2) is 7.29. The van der Waals surface area contributed by atoms with Crippen LogP contribution in [0.4, 0.5) is 0 Å². The molecule has 0 aliphatic rings. The highest BCUT2D eigenvalue weighted by Gasteiger charge is 2.06. The van der Waals surface area contributed by atoms with Gasteiger partial charge in [0.05, 0.1) is 4.90 Å². The van der Waals surface area contributed by atoms with Crippen molar-refractivity contribution in [1.29, 1.82) is 0 Å². The van der Waals surface area contributed by atoms with Gasteiger partial charge in [0.2, 0.25) is 0 Å². The molecule has 2 rings (SSSR count). The van der Waals surface area contributed by atoms with E-state index < -0.39 is 9.84 Å². The van der Waals surface area contributed by atoms with E-state index in [2.05, 4.69) is 0 Å². The van der Waals surface area contributed by atoms with Gasteiger partial charge in [-0.05, 0) is 30.3 Å². The average molecular weight is 321 g/mol. The van der Waals surface area contributed by atoms with Crippen molar-refractivity contribution >= 4 is 9.84 Å². The summed E-state index contributed by atoms with van der Waals surface area (Å²) in [5, 5.41) is 0. The van der Waals surface area contributed by atoms with Crippen LogP contribution in [0.15, 0.2) is 53.4 Å². The van der Waals surface area contributed by atoms with Crippen LogP contribution in [0, 0.1) is 0 Å². The fraction of sp³-hybridized carbons (Fsp3) is 0.250. The summed E-state index contributed by atoms with van der Waals surface area (Å²) in [6.45, 7) is 1.16. The van der Waals surface area contributed by atoms with E-state index in [4.69, 9.17) is 15.2 Å². The van der Waals surface area contributed by atoms with Gasteiger partial charge in [-0.3, -0.25) is 0 Å². The van der Waals surface area contributed by atoms with Crippen molar-refractivity contribution in [3.63, 3.8) is 0 Å². The fourth-order valence-corrected chi connectivity index (χ4v) is 2.54. The molecule has 0 saturated heterocycles. The summed E-state index contributed by atoms with van der Waals surface area (Å²) in [5.74, 6) is 1.35. The van der Waals surface area contributed by atoms with Gasteiger partial charge in [0, 0.05) is 18.4 Å². The third kappa shape index (κ3) is 4.47. The molecule has 0 aliphatic carbocycles. The number of nitrogens with two attached hydrogens (primary N) is 1. The van der Waals surface area contributed by atoms with Gasteiger partial charge in [-0.2, -0.15) is 0 Å². The quantitative estimate of drug-likeness (QED) is 0.789. The predicted molar refractivity (Wildman–Crippen MR) is 84.9 cm³/mol. The first-order valence-electron chi connectivity index (χ1n) is 6.84. The minimum Gasteiger partial charge on any atom is -0.490 e. The summed E-state index contributed by atoms with van der Waals surface area (Å²) in [7, 11) is -3.18. The zero-order valence-corrected chi connectivity index (χ0v) is 13.2. The summed E-state index contributed by atoms with van der Waals surface area (Å²) in [5.41, 5.74) is 6.58. The van der Waals surface area contributed by atoms with Crippen molar-refractivity contribution in [3.8, 4) is 11.5 Å². The van der Waals surface area contributed by atoms with E-state index in [-0.39, 0.29) is 4.90 Å². The van der Waals surface area contributed by atoms with E-state index >= 15 is 0 Å². The van der Waals surface area contributed by atoms with Gasteiger partial charge in [0.1, 0.15) is 24.7 Å². The highest BCUT2D eigenvalue weighted by molar-refractivity contribution is 7.90. The van der Waals surface area contributed by atoms with Crippen LogP contribution in [0.3, 0.4) is 0 Å². The zero-order valence-electron chi connectivity index (χ0n) is 12.4. The van der Waals surface area contributed by atoms with E-state index in [1.165, 1.54) is 18.4 Å². The van der Waals surface area contributed by atoms with Crippen LogP contribution >= 0.6 is 0 Å². The van der Waals surface area contributed by atoms with Gasteiger partial charge in [-0.25, -0.2) is 8.42 Å². The van der Waals surface area contributed by atoms with Crippen molar-refractivity contribution in [3.05, 3.63) is 54.1 Å². The number of para-hydroxylation sites is 1. The van der Waals surface area contributed by atoms with Crippen LogP contribution in [0.2, 0.25) is 0 Å². The molecule has 0 spiro atoms. The molecule has 0 fully saturated rings. The molecule has 118 valence electrons. The molecule has 0 saturated carbocycles. The molecule has 0 unspecified atom stereocenters. The van der Waals surface area contributed by atoms with Crippen LogP contribution in [0.25, 0.3) is 0 Å². The topological polar surface area (TPSA) is 78.6 Å². The third-order valence-corrected chi connectivity index (χ3v) is 4.18. The molecule has 6 heteroatoms. The molecule has 0 atom stereocenters. The summed E-state index contributed by atoms with van der Waals surface area (Å²) < 4.78 is 33.8. The Kier molecular flexibility index (Phi) is 5.41. The standard InChI is InChI=1S/C16H19NO4S/c1-22(18,19)15-8-6-14(7-9-15)20-10-11-21-16-5-3-2-4-13(16)12-17/h2-9H,10-12,17H2,1H3. The largest absolute Gasteiger partial charge is 0.490 e. The Labute approximate surface area is 130 Å². The van der Waals surface area contributed by atoms with Gasteiger partial charge < -0.3 is 15.2 Å². The van der Waals surface area contributed by atoms with E-state index in [1.807, 2.05) is 24.3 Å². The molecule has 0 radical (unpaired) electrons. The van der Waals surface area contributed by atoms with Crippen molar-refractivity contribution in [2.75, 3.05) is 19.5 Å². The van der Waals surface area contributed by atoms with Crippen LogP contribution < -0.4 is 15.2 Å². The molecule has 0 amide bonds. The van der Waals surface area contributed by atoms with Gasteiger partial charge in [-0.15, -0.1) is 0 Å². The van der Waals surface area contributed by atoms with Gasteiger partial charge >= 0.3 is 0 Å². The number of sulfone groups is 1. The van der Waals surface area contributed by atoms with Crippen molar-refractivity contribution in [2.24, 2.45) is 5.73 Å². The highest BCUT2D eigenvalue weighted by Crippen LogP contribution is 2.18. The van der Waals surface area contributed by atoms with Crippen molar-refractivity contribution in [1.82, 2.24) is 0 Å². The van der Waals surface area contributed by atoms with E-state index in [0.717, 1.165) is 11.3 Å². The normalized spacial score (nSPS) is 11.2. The molecule has 22 heavy (non-hydrogen) atoms. The predicted octanol–water partition coefficient (Wildman–Crippen LogP) is 2.01. The minimum atomic E-state index is -3.18. The molecule has 0 heterocycles. The molecule has 0 aromatic heterocycles. The average Bonchev–Trinajstić information content (AvgIpc) is 2.51. The first-order chi connectivity index (χ1) is 10.5. The van der Waals surface area contributed by atoms with Gasteiger partial charge in [-0.1, -0.05) is 18.2 Å². The van der Waals surface area contributed by atoms with Crippen molar-refractivity contribution in [2.45, 2.75) is 11.4 Å². The van der Waals surface area contributed by atoms with Crippen LogP contribution in [0.1, 0.15) is 5.56 Å². The fourth-order valence-electron chi connectivity index (χ4n) is 1.91. The second-order valence-corrected chi connectivity index (χ2v) is 6.77. The molecule has 2 N–H and O–H groups in total. The lowest BCUT2D eigenvalue weighted by Crippen LogP contribution is -2.11.